The predicted molar refractivity (Wildman–Crippen MR) is 79.6 cm³/mol. The molecule has 1 aliphatic carbocycles. The number of aromatic amines is 2. The maximum atomic E-state index is 11.2. The maximum Gasteiger partial charge on any atom is 0.335 e. The largest absolute Gasteiger partial charge is 0.478 e. The number of nitrogens with one attached hydrogen (secondary N) is 2. The molecule has 0 saturated heterocycles. The van der Waals surface area contributed by atoms with E-state index in [0.29, 0.717) is 5.56 Å². The highest BCUT2D eigenvalue weighted by atomic mass is 16.4. The van der Waals surface area contributed by atoms with Gasteiger partial charge in [-0.3, -0.25) is 5.10 Å². The number of H-pyrrole nitrogens is 2. The van der Waals surface area contributed by atoms with Crippen molar-refractivity contribution < 1.29 is 9.90 Å². The lowest BCUT2D eigenvalue weighted by Gasteiger charge is -2.30. The van der Waals surface area contributed by atoms with Gasteiger partial charge in [0.05, 0.1) is 23.1 Å². The zero-order valence-corrected chi connectivity index (χ0v) is 11.8. The molecule has 2 aromatic heterocycles. The number of aromatic nitrogens is 3. The zero-order chi connectivity index (χ0) is 14.8. The number of rotatable bonds is 1. The lowest BCUT2D eigenvalue weighted by atomic mass is 9.73. The van der Waals surface area contributed by atoms with Crippen molar-refractivity contribution >= 4 is 16.9 Å². The van der Waals surface area contributed by atoms with E-state index in [4.69, 9.17) is 0 Å². The van der Waals surface area contributed by atoms with Gasteiger partial charge in [0.2, 0.25) is 0 Å². The van der Waals surface area contributed by atoms with Crippen LogP contribution in [0.15, 0.2) is 24.4 Å². The average Bonchev–Trinajstić information content (AvgIpc) is 3.00. The Bertz CT molecular complexity index is 886. The van der Waals surface area contributed by atoms with Crippen LogP contribution in [0.3, 0.4) is 0 Å². The van der Waals surface area contributed by atoms with E-state index in [1.165, 1.54) is 5.56 Å². The van der Waals surface area contributed by atoms with Gasteiger partial charge in [-0.05, 0) is 35.6 Å². The first kappa shape index (κ1) is 12.2. The second-order valence-corrected chi connectivity index (χ2v) is 6.27. The number of carboxylic acid groups (broad SMARTS) is 1. The van der Waals surface area contributed by atoms with Crippen LogP contribution in [-0.4, -0.2) is 26.3 Å². The lowest BCUT2D eigenvalue weighted by Crippen LogP contribution is -2.24. The lowest BCUT2D eigenvalue weighted by molar-refractivity contribution is 0.0697. The SMILES string of the molecule is CC1(C)Cc2cn[nH]c2-c2[nH]c3ccc(C(=O)O)cc3c21. The quantitative estimate of drug-likeness (QED) is 0.641. The Labute approximate surface area is 121 Å². The predicted octanol–water partition coefficient (Wildman–Crippen LogP) is 3.09. The van der Waals surface area contributed by atoms with Crippen LogP contribution in [0.1, 0.15) is 35.3 Å². The Morgan fingerprint density at radius 3 is 2.90 bits per heavy atom. The fourth-order valence-corrected chi connectivity index (χ4v) is 3.44. The van der Waals surface area contributed by atoms with Crippen molar-refractivity contribution in [3.8, 4) is 11.4 Å². The first-order valence-corrected chi connectivity index (χ1v) is 6.89. The van der Waals surface area contributed by atoms with Crippen LogP contribution in [-0.2, 0) is 11.8 Å². The Kier molecular flexibility index (Phi) is 2.18. The summed E-state index contributed by atoms with van der Waals surface area (Å²) >= 11 is 0. The molecule has 106 valence electrons. The van der Waals surface area contributed by atoms with E-state index in [9.17, 15) is 9.90 Å². The normalized spacial score (nSPS) is 15.7. The molecule has 0 fully saturated rings. The highest BCUT2D eigenvalue weighted by Gasteiger charge is 2.35. The van der Waals surface area contributed by atoms with E-state index >= 15 is 0 Å². The molecule has 5 nitrogen and oxygen atoms in total. The molecule has 0 amide bonds. The third kappa shape index (κ3) is 1.57. The van der Waals surface area contributed by atoms with E-state index in [2.05, 4.69) is 29.0 Å². The van der Waals surface area contributed by atoms with E-state index in [0.717, 1.165) is 34.3 Å². The fraction of sp³-hybridized carbons (Fsp3) is 0.250. The molecule has 3 N–H and O–H groups in total. The number of hydrogen-bond acceptors (Lipinski definition) is 2. The van der Waals surface area contributed by atoms with Crippen LogP contribution in [0.2, 0.25) is 0 Å². The van der Waals surface area contributed by atoms with Gasteiger partial charge in [0, 0.05) is 16.5 Å². The summed E-state index contributed by atoms with van der Waals surface area (Å²) in [6, 6.07) is 5.23. The van der Waals surface area contributed by atoms with Crippen molar-refractivity contribution in [2.75, 3.05) is 0 Å². The Hall–Kier alpha value is -2.56. The van der Waals surface area contributed by atoms with Crippen LogP contribution in [0.5, 0.6) is 0 Å². The van der Waals surface area contributed by atoms with Gasteiger partial charge in [0.1, 0.15) is 0 Å². The van der Waals surface area contributed by atoms with Gasteiger partial charge in [-0.1, -0.05) is 13.8 Å². The van der Waals surface area contributed by atoms with E-state index in [-0.39, 0.29) is 5.41 Å². The molecule has 1 aromatic carbocycles. The molecule has 0 saturated carbocycles. The summed E-state index contributed by atoms with van der Waals surface area (Å²) < 4.78 is 0. The molecule has 3 aromatic rings. The van der Waals surface area contributed by atoms with E-state index in [1.54, 1.807) is 12.1 Å². The van der Waals surface area contributed by atoms with Gasteiger partial charge in [0.15, 0.2) is 0 Å². The van der Waals surface area contributed by atoms with Crippen molar-refractivity contribution in [1.29, 1.82) is 0 Å². The first-order chi connectivity index (χ1) is 9.97. The Balaban J connectivity index is 2.10. The van der Waals surface area contributed by atoms with Gasteiger partial charge in [-0.2, -0.15) is 5.10 Å². The average molecular weight is 281 g/mol. The number of carbonyl (C=O) groups is 1. The van der Waals surface area contributed by atoms with Gasteiger partial charge in [0.25, 0.3) is 0 Å². The molecule has 2 heterocycles. The molecule has 1 aliphatic rings. The van der Waals surface area contributed by atoms with Gasteiger partial charge >= 0.3 is 5.97 Å². The van der Waals surface area contributed by atoms with Crippen LogP contribution in [0, 0.1) is 0 Å². The smallest absolute Gasteiger partial charge is 0.335 e. The monoisotopic (exact) mass is 281 g/mol. The molecular formula is C16H15N3O2. The zero-order valence-electron chi connectivity index (χ0n) is 11.8. The highest BCUT2D eigenvalue weighted by molar-refractivity contribution is 5.98. The van der Waals surface area contributed by atoms with Crippen LogP contribution in [0.25, 0.3) is 22.3 Å². The van der Waals surface area contributed by atoms with E-state index < -0.39 is 5.97 Å². The minimum Gasteiger partial charge on any atom is -0.478 e. The first-order valence-electron chi connectivity index (χ1n) is 6.89. The molecule has 4 rings (SSSR count). The van der Waals surface area contributed by atoms with E-state index in [1.807, 2.05) is 12.3 Å². The van der Waals surface area contributed by atoms with Crippen molar-refractivity contribution in [1.82, 2.24) is 15.2 Å². The van der Waals surface area contributed by atoms with Crippen LogP contribution in [0.4, 0.5) is 0 Å². The van der Waals surface area contributed by atoms with Gasteiger partial charge < -0.3 is 10.1 Å². The second kappa shape index (κ2) is 3.75. The number of carboxylic acids is 1. The molecule has 0 atom stereocenters. The van der Waals surface area contributed by atoms with Crippen LogP contribution < -0.4 is 0 Å². The second-order valence-electron chi connectivity index (χ2n) is 6.27. The Morgan fingerprint density at radius 2 is 2.14 bits per heavy atom. The summed E-state index contributed by atoms with van der Waals surface area (Å²) in [6.45, 7) is 4.37. The number of benzene rings is 1. The summed E-state index contributed by atoms with van der Waals surface area (Å²) in [5.41, 5.74) is 5.60. The number of fused-ring (bicyclic) bond motifs is 5. The molecule has 5 heteroatoms. The maximum absolute atomic E-state index is 11.2. The van der Waals surface area contributed by atoms with Crippen molar-refractivity contribution in [3.05, 3.63) is 41.1 Å². The fourth-order valence-electron chi connectivity index (χ4n) is 3.44. The minimum atomic E-state index is -0.900. The van der Waals surface area contributed by atoms with Crippen molar-refractivity contribution in [3.63, 3.8) is 0 Å². The van der Waals surface area contributed by atoms with Gasteiger partial charge in [-0.25, -0.2) is 4.79 Å². The number of hydrogen-bond donors (Lipinski definition) is 3. The summed E-state index contributed by atoms with van der Waals surface area (Å²) in [5.74, 6) is -0.900. The third-order valence-electron chi connectivity index (χ3n) is 4.32. The molecule has 0 aliphatic heterocycles. The molecule has 21 heavy (non-hydrogen) atoms. The summed E-state index contributed by atoms with van der Waals surface area (Å²) in [7, 11) is 0. The van der Waals surface area contributed by atoms with Crippen molar-refractivity contribution in [2.45, 2.75) is 25.7 Å². The minimum absolute atomic E-state index is 0.0679. The Morgan fingerprint density at radius 1 is 1.33 bits per heavy atom. The van der Waals surface area contributed by atoms with Crippen molar-refractivity contribution in [2.24, 2.45) is 0 Å². The topological polar surface area (TPSA) is 81.8 Å². The molecule has 0 spiro atoms. The van der Waals surface area contributed by atoms with Crippen LogP contribution >= 0.6 is 0 Å². The summed E-state index contributed by atoms with van der Waals surface area (Å²) in [5, 5.41) is 17.4. The highest BCUT2D eigenvalue weighted by Crippen LogP contribution is 2.45. The number of aromatic carboxylic acids is 1. The summed E-state index contributed by atoms with van der Waals surface area (Å²) in [4.78, 5) is 14.6. The third-order valence-corrected chi connectivity index (χ3v) is 4.32. The standard InChI is InChI=1S/C16H15N3O2/c1-16(2)6-9-7-17-19-13(9)14-12(16)10-5-8(15(20)21)3-4-11(10)18-14/h3-5,7,18H,6H2,1-2H3,(H,17,19)(H,20,21). The molecular weight excluding hydrogens is 266 g/mol. The number of nitrogens with zero attached hydrogens (tertiary/aromatic N) is 1. The molecule has 0 bridgehead atoms. The summed E-state index contributed by atoms with van der Waals surface area (Å²) in [6.07, 6.45) is 2.75. The van der Waals surface area contributed by atoms with Gasteiger partial charge in [-0.15, -0.1) is 0 Å². The molecule has 0 unspecified atom stereocenters. The molecule has 0 radical (unpaired) electrons.